The standard InChI is InChI=1S/C15H16FN3O6/c1-18-12-8(2-3-24-14(18)22)4-9(5-11(12)16)19-7-10(25-15(19)23)6-17-13(20)21/h4-5,10,17H,2-3,6-7H2,1H3,(H,20,21)/t10-/m0/s1. The van der Waals surface area contributed by atoms with E-state index in [0.29, 0.717) is 12.0 Å². The SMILES string of the molecule is CN1C(=O)OCCc2cc(N3C[C@H](CNC(=O)O)OC3=O)cc(F)c21. The van der Waals surface area contributed by atoms with Gasteiger partial charge in [-0.05, 0) is 17.7 Å². The summed E-state index contributed by atoms with van der Waals surface area (Å²) in [6.07, 6.45) is -2.92. The lowest BCUT2D eigenvalue weighted by atomic mass is 10.1. The predicted molar refractivity (Wildman–Crippen MR) is 83.5 cm³/mol. The highest BCUT2D eigenvalue weighted by Gasteiger charge is 2.34. The Bertz CT molecular complexity index is 740. The monoisotopic (exact) mass is 353 g/mol. The molecule has 0 radical (unpaired) electrons. The number of anilines is 2. The number of fused-ring (bicyclic) bond motifs is 1. The second kappa shape index (κ2) is 6.46. The third-order valence-corrected chi connectivity index (χ3v) is 4.00. The van der Waals surface area contributed by atoms with Crippen LogP contribution in [0.3, 0.4) is 0 Å². The quantitative estimate of drug-likeness (QED) is 0.853. The molecule has 0 aliphatic carbocycles. The minimum Gasteiger partial charge on any atom is -0.465 e. The highest BCUT2D eigenvalue weighted by molar-refractivity contribution is 5.93. The Morgan fingerprint density at radius 1 is 1.40 bits per heavy atom. The molecule has 2 aliphatic heterocycles. The number of cyclic esters (lactones) is 2. The van der Waals surface area contributed by atoms with Gasteiger partial charge in [-0.25, -0.2) is 18.8 Å². The molecule has 2 heterocycles. The maximum absolute atomic E-state index is 14.5. The molecule has 1 atom stereocenters. The summed E-state index contributed by atoms with van der Waals surface area (Å²) in [6.45, 7) is 0.132. The first-order valence-corrected chi connectivity index (χ1v) is 7.54. The maximum atomic E-state index is 14.5. The van der Waals surface area contributed by atoms with E-state index >= 15 is 0 Å². The van der Waals surface area contributed by atoms with Crippen molar-refractivity contribution >= 4 is 29.7 Å². The van der Waals surface area contributed by atoms with Gasteiger partial charge < -0.3 is 19.9 Å². The summed E-state index contributed by atoms with van der Waals surface area (Å²) in [5.74, 6) is -0.659. The van der Waals surface area contributed by atoms with E-state index in [4.69, 9.17) is 14.6 Å². The molecule has 25 heavy (non-hydrogen) atoms. The summed E-state index contributed by atoms with van der Waals surface area (Å²) >= 11 is 0. The normalized spacial score (nSPS) is 19.8. The number of amides is 3. The summed E-state index contributed by atoms with van der Waals surface area (Å²) < 4.78 is 24.6. The highest BCUT2D eigenvalue weighted by atomic mass is 19.1. The van der Waals surface area contributed by atoms with Crippen LogP contribution in [0.5, 0.6) is 0 Å². The van der Waals surface area contributed by atoms with Gasteiger partial charge in [-0.15, -0.1) is 0 Å². The molecule has 0 unspecified atom stereocenters. The van der Waals surface area contributed by atoms with Crippen molar-refractivity contribution in [3.63, 3.8) is 0 Å². The van der Waals surface area contributed by atoms with Gasteiger partial charge in [0.15, 0.2) is 0 Å². The van der Waals surface area contributed by atoms with E-state index in [9.17, 15) is 18.8 Å². The predicted octanol–water partition coefficient (Wildman–Crippen LogP) is 1.55. The van der Waals surface area contributed by atoms with Crippen LogP contribution in [0.25, 0.3) is 0 Å². The van der Waals surface area contributed by atoms with Crippen molar-refractivity contribution in [1.29, 1.82) is 0 Å². The molecule has 2 aliphatic rings. The fourth-order valence-corrected chi connectivity index (χ4v) is 2.84. The molecule has 1 aromatic carbocycles. The van der Waals surface area contributed by atoms with Crippen LogP contribution in [-0.2, 0) is 15.9 Å². The number of carbonyl (C=O) groups excluding carboxylic acids is 2. The number of nitrogens with one attached hydrogen (secondary N) is 1. The first-order valence-electron chi connectivity index (χ1n) is 7.54. The van der Waals surface area contributed by atoms with Crippen LogP contribution < -0.4 is 15.1 Å². The van der Waals surface area contributed by atoms with Crippen molar-refractivity contribution in [2.24, 2.45) is 0 Å². The Labute approximate surface area is 141 Å². The van der Waals surface area contributed by atoms with Crippen LogP contribution in [0.15, 0.2) is 12.1 Å². The van der Waals surface area contributed by atoms with Crippen LogP contribution in [-0.4, -0.2) is 56.2 Å². The van der Waals surface area contributed by atoms with Crippen molar-refractivity contribution < 1.29 is 33.4 Å². The number of halogens is 1. The molecule has 10 heteroatoms. The van der Waals surface area contributed by atoms with E-state index in [0.717, 1.165) is 11.0 Å². The zero-order valence-corrected chi connectivity index (χ0v) is 13.3. The lowest BCUT2D eigenvalue weighted by Crippen LogP contribution is -2.33. The zero-order chi connectivity index (χ0) is 18.1. The molecular formula is C15H16FN3O6. The van der Waals surface area contributed by atoms with Crippen LogP contribution in [0, 0.1) is 5.82 Å². The molecule has 1 aromatic rings. The number of benzene rings is 1. The Morgan fingerprint density at radius 3 is 2.88 bits per heavy atom. The Morgan fingerprint density at radius 2 is 2.16 bits per heavy atom. The Hall–Kier alpha value is -3.04. The second-order valence-corrected chi connectivity index (χ2v) is 5.66. The van der Waals surface area contributed by atoms with E-state index in [2.05, 4.69) is 5.32 Å². The zero-order valence-electron chi connectivity index (χ0n) is 13.3. The fourth-order valence-electron chi connectivity index (χ4n) is 2.84. The number of nitrogens with zero attached hydrogens (tertiary/aromatic N) is 2. The average Bonchev–Trinajstić information content (AvgIpc) is 2.85. The van der Waals surface area contributed by atoms with Crippen molar-refractivity contribution in [3.05, 3.63) is 23.5 Å². The number of carboxylic acid groups (broad SMARTS) is 1. The molecule has 1 fully saturated rings. The Balaban J connectivity index is 1.85. The average molecular weight is 353 g/mol. The Kier molecular flexibility index (Phi) is 4.34. The van der Waals surface area contributed by atoms with E-state index in [1.807, 2.05) is 0 Å². The van der Waals surface area contributed by atoms with Gasteiger partial charge in [0.25, 0.3) is 0 Å². The van der Waals surface area contributed by atoms with Gasteiger partial charge in [0.1, 0.15) is 11.9 Å². The first-order chi connectivity index (χ1) is 11.9. The van der Waals surface area contributed by atoms with Crippen molar-refractivity contribution in [1.82, 2.24) is 5.32 Å². The van der Waals surface area contributed by atoms with E-state index < -0.39 is 30.2 Å². The minimum absolute atomic E-state index is 0.0594. The molecule has 0 aromatic heterocycles. The molecule has 1 saturated heterocycles. The van der Waals surface area contributed by atoms with E-state index in [-0.39, 0.29) is 31.1 Å². The molecule has 134 valence electrons. The van der Waals surface area contributed by atoms with Gasteiger partial charge >= 0.3 is 18.3 Å². The summed E-state index contributed by atoms with van der Waals surface area (Å²) in [4.78, 5) is 36.5. The first kappa shape index (κ1) is 16.8. The van der Waals surface area contributed by atoms with Gasteiger partial charge in [-0.1, -0.05) is 0 Å². The fraction of sp³-hybridized carbons (Fsp3) is 0.400. The highest BCUT2D eigenvalue weighted by Crippen LogP contribution is 2.33. The largest absolute Gasteiger partial charge is 0.465 e. The van der Waals surface area contributed by atoms with Gasteiger partial charge in [-0.2, -0.15) is 0 Å². The molecule has 9 nitrogen and oxygen atoms in total. The third kappa shape index (κ3) is 3.28. The van der Waals surface area contributed by atoms with Gasteiger partial charge in [0.05, 0.1) is 31.1 Å². The topological polar surface area (TPSA) is 108 Å². The van der Waals surface area contributed by atoms with Crippen LogP contribution in [0.2, 0.25) is 0 Å². The summed E-state index contributed by atoms with van der Waals surface area (Å²) in [5, 5.41) is 10.7. The maximum Gasteiger partial charge on any atom is 0.414 e. The third-order valence-electron chi connectivity index (χ3n) is 4.00. The summed E-state index contributed by atoms with van der Waals surface area (Å²) in [5.41, 5.74) is 0.924. The number of hydrogen-bond acceptors (Lipinski definition) is 5. The van der Waals surface area contributed by atoms with Gasteiger partial charge in [0, 0.05) is 13.5 Å². The van der Waals surface area contributed by atoms with Crippen molar-refractivity contribution in [2.75, 3.05) is 36.5 Å². The summed E-state index contributed by atoms with van der Waals surface area (Å²) in [6, 6.07) is 2.74. The van der Waals surface area contributed by atoms with E-state index in [1.165, 1.54) is 11.9 Å². The lowest BCUT2D eigenvalue weighted by Gasteiger charge is -2.20. The van der Waals surface area contributed by atoms with Crippen LogP contribution in [0.4, 0.5) is 30.1 Å². The van der Waals surface area contributed by atoms with Crippen molar-refractivity contribution in [3.8, 4) is 0 Å². The van der Waals surface area contributed by atoms with Crippen molar-refractivity contribution in [2.45, 2.75) is 12.5 Å². The molecule has 0 saturated carbocycles. The molecule has 3 amide bonds. The van der Waals surface area contributed by atoms with Crippen LogP contribution in [0.1, 0.15) is 5.56 Å². The second-order valence-electron chi connectivity index (χ2n) is 5.66. The number of ether oxygens (including phenoxy) is 2. The lowest BCUT2D eigenvalue weighted by molar-refractivity contribution is 0.136. The molecule has 0 spiro atoms. The number of hydrogen-bond donors (Lipinski definition) is 2. The molecule has 3 rings (SSSR count). The van der Waals surface area contributed by atoms with E-state index in [1.54, 1.807) is 6.07 Å². The van der Waals surface area contributed by atoms with Gasteiger partial charge in [0.2, 0.25) is 0 Å². The molecule has 2 N–H and O–H groups in total. The summed E-state index contributed by atoms with van der Waals surface area (Å²) in [7, 11) is 1.41. The number of carbonyl (C=O) groups is 3. The van der Waals surface area contributed by atoms with Gasteiger partial charge in [-0.3, -0.25) is 9.80 Å². The van der Waals surface area contributed by atoms with Crippen LogP contribution >= 0.6 is 0 Å². The minimum atomic E-state index is -1.22. The smallest absolute Gasteiger partial charge is 0.414 e. The number of rotatable bonds is 3. The molecular weight excluding hydrogens is 337 g/mol. The molecule has 0 bridgehead atoms.